The van der Waals surface area contributed by atoms with Gasteiger partial charge in [0.2, 0.25) is 0 Å². The van der Waals surface area contributed by atoms with Crippen molar-refractivity contribution in [1.82, 2.24) is 0 Å². The van der Waals surface area contributed by atoms with Crippen LogP contribution in [0, 0.1) is 15.3 Å². The molecular formula is C18H33KMgNNaO24. The van der Waals surface area contributed by atoms with Gasteiger partial charge in [0.15, 0.2) is 0 Å². The molecule has 0 bridgehead atoms. The Bertz CT molecular complexity index is 712. The van der Waals surface area contributed by atoms with Gasteiger partial charge in [-0.15, -0.1) is 0 Å². The van der Waals surface area contributed by atoms with Crippen molar-refractivity contribution in [2.24, 2.45) is 0 Å². The van der Waals surface area contributed by atoms with E-state index in [-0.39, 0.29) is 104 Å². The van der Waals surface area contributed by atoms with Gasteiger partial charge in [-0.25, -0.2) is 0 Å². The van der Waals surface area contributed by atoms with Crippen molar-refractivity contribution in [3.05, 3.63) is 15.3 Å². The van der Waals surface area contributed by atoms with Crippen LogP contribution in [0.2, 0.25) is 0 Å². The molecule has 12 atom stereocenters. The number of carbonyl (C=O) groups is 3. The monoisotopic (exact) mass is 733 g/mol. The van der Waals surface area contributed by atoms with Gasteiger partial charge in [-0.1, -0.05) is 0 Å². The molecule has 0 heterocycles. The van der Waals surface area contributed by atoms with E-state index < -0.39 is 116 Å². The molecule has 0 aromatic heterocycles. The summed E-state index contributed by atoms with van der Waals surface area (Å²) in [4.78, 5) is 38.2. The van der Waals surface area contributed by atoms with Crippen LogP contribution >= 0.6 is 0 Å². The summed E-state index contributed by atoms with van der Waals surface area (Å²) in [6.07, 6.45) is -24.2. The Morgan fingerprint density at radius 1 is 0.478 bits per heavy atom. The third-order valence-electron chi connectivity index (χ3n) is 4.49. The Balaban J connectivity index is -0.0000000907. The number of hydrogen-bond acceptors (Lipinski definition) is 24. The second-order valence-corrected chi connectivity index (χ2v) is 7.71. The first-order valence-corrected chi connectivity index (χ1v) is 10.9. The summed E-state index contributed by atoms with van der Waals surface area (Å²) in [5, 5.41) is 175. The molecule has 28 heteroatoms. The maximum atomic E-state index is 9.98. The van der Waals surface area contributed by atoms with E-state index in [0.29, 0.717) is 0 Å². The minimum atomic E-state index is -2.31. The molecule has 0 aliphatic heterocycles. The van der Waals surface area contributed by atoms with Crippen LogP contribution < -0.4 is 96.3 Å². The molecule has 0 spiro atoms. The Labute approximate surface area is 338 Å². The number of carbonyl (C=O) groups excluding carboxylic acids is 3. The van der Waals surface area contributed by atoms with Crippen LogP contribution in [0.4, 0.5) is 0 Å². The van der Waals surface area contributed by atoms with E-state index in [1.165, 1.54) is 0 Å². The molecule has 0 radical (unpaired) electrons. The van der Waals surface area contributed by atoms with Crippen LogP contribution in [-0.4, -0.2) is 216 Å². The molecule has 0 aliphatic rings. The first kappa shape index (κ1) is 61.6. The summed E-state index contributed by atoms with van der Waals surface area (Å²) in [6.45, 7) is -2.59. The Kier molecular flexibility index (Phi) is 45.4. The van der Waals surface area contributed by atoms with Gasteiger partial charge in [0.25, 0.3) is 0 Å². The minimum Gasteiger partial charge on any atom is -0.547 e. The maximum Gasteiger partial charge on any atom is 2.00 e. The third-order valence-corrected chi connectivity index (χ3v) is 4.49. The molecule has 46 heavy (non-hydrogen) atoms. The number of nitrogens with zero attached hydrogens (tertiary/aromatic N) is 1. The van der Waals surface area contributed by atoms with Crippen LogP contribution in [-0.2, 0) is 14.4 Å². The number of aliphatic hydroxyl groups is 15. The van der Waals surface area contributed by atoms with E-state index in [9.17, 15) is 29.7 Å². The first-order valence-electron chi connectivity index (χ1n) is 10.9. The van der Waals surface area contributed by atoms with Gasteiger partial charge < -0.3 is 122 Å². The molecule has 0 amide bonds. The summed E-state index contributed by atoms with van der Waals surface area (Å²) >= 11 is 0. The Morgan fingerprint density at radius 3 is 0.696 bits per heavy atom. The molecule has 0 aliphatic carbocycles. The molecule has 0 aromatic carbocycles. The number of aliphatic hydroxyl groups excluding tert-OH is 15. The van der Waals surface area contributed by atoms with E-state index in [0.717, 1.165) is 0 Å². The topological polar surface area (TPSA) is 490 Å². The van der Waals surface area contributed by atoms with Gasteiger partial charge in [0, 0.05) is 0 Å². The van der Waals surface area contributed by atoms with Crippen molar-refractivity contribution in [1.29, 1.82) is 0 Å². The first-order chi connectivity index (χ1) is 19.5. The smallest absolute Gasteiger partial charge is 0.547 e. The average Bonchev–Trinajstić information content (AvgIpc) is 2.96. The molecule has 0 fully saturated rings. The molecule has 25 nitrogen and oxygen atoms in total. The van der Waals surface area contributed by atoms with E-state index in [2.05, 4.69) is 0 Å². The molecule has 15 N–H and O–H groups in total. The zero-order valence-electron chi connectivity index (χ0n) is 24.1. The molecule has 0 rings (SSSR count). The van der Waals surface area contributed by atoms with Crippen molar-refractivity contribution in [2.45, 2.75) is 73.2 Å². The van der Waals surface area contributed by atoms with E-state index in [1.807, 2.05) is 0 Å². The van der Waals surface area contributed by atoms with Crippen molar-refractivity contribution < 1.29 is 192 Å². The number of carboxylic acids is 3. The normalized spacial score (nSPS) is 17.8. The number of rotatable bonds is 15. The molecule has 0 saturated carbocycles. The van der Waals surface area contributed by atoms with Crippen molar-refractivity contribution in [3.8, 4) is 0 Å². The van der Waals surface area contributed by atoms with Crippen molar-refractivity contribution in [3.63, 3.8) is 0 Å². The standard InChI is InChI=1S/3C6H12O7.K.Mg.NO3.Na/c3*7-1-2(8)3(9)4(10)5(11)6(12)13;;;2-1(3)4;/h3*2-5,7-11H,1H2,(H,12,13);;;;/q;;;+1;+2;-1;+1/p-3/t3*2-,3-,4+,5-;;;;/m111..../s1. The number of hydrogen-bond donors (Lipinski definition) is 15. The molecule has 258 valence electrons. The minimum absolute atomic E-state index is 0. The molecular weight excluding hydrogens is 701 g/mol. The van der Waals surface area contributed by atoms with Crippen LogP contribution in [0.25, 0.3) is 0 Å². The summed E-state index contributed by atoms with van der Waals surface area (Å²) < 4.78 is 0. The fourth-order valence-corrected chi connectivity index (χ4v) is 1.99. The summed E-state index contributed by atoms with van der Waals surface area (Å²) in [7, 11) is 0. The van der Waals surface area contributed by atoms with Gasteiger partial charge in [-0.2, -0.15) is 0 Å². The fraction of sp³-hybridized carbons (Fsp3) is 0.833. The van der Waals surface area contributed by atoms with Crippen LogP contribution in [0.5, 0.6) is 0 Å². The van der Waals surface area contributed by atoms with Gasteiger partial charge in [0.1, 0.15) is 73.2 Å². The van der Waals surface area contributed by atoms with E-state index >= 15 is 0 Å². The molecule has 0 unspecified atom stereocenters. The second kappa shape index (κ2) is 33.9. The van der Waals surface area contributed by atoms with Crippen LogP contribution in [0.3, 0.4) is 0 Å². The number of aliphatic carboxylic acids is 3. The SMILES string of the molecule is O=C([O-])[C@H](O)[C@@H](O)[C@H](O)[C@H](O)CO.O=C([O-])[C@H](O)[C@@H](O)[C@H](O)[C@H](O)CO.O=C([O-])[C@H](O)[C@@H](O)[C@H](O)[C@H](O)CO.O=[N+]([O-])[O-].[K+].[Mg+2].[Na+]. The van der Waals surface area contributed by atoms with Gasteiger partial charge in [-0.3, -0.25) is 0 Å². The van der Waals surface area contributed by atoms with Crippen molar-refractivity contribution in [2.75, 3.05) is 19.8 Å². The second-order valence-electron chi connectivity index (χ2n) is 7.71. The van der Waals surface area contributed by atoms with Crippen LogP contribution in [0.15, 0.2) is 0 Å². The van der Waals surface area contributed by atoms with E-state index in [4.69, 9.17) is 91.9 Å². The predicted molar refractivity (Wildman–Crippen MR) is 124 cm³/mol. The van der Waals surface area contributed by atoms with Crippen LogP contribution in [0.1, 0.15) is 0 Å². The fourth-order valence-electron chi connectivity index (χ4n) is 1.99. The largest absolute Gasteiger partial charge is 2.00 e. The summed E-state index contributed by atoms with van der Waals surface area (Å²) in [6, 6.07) is 0. The third kappa shape index (κ3) is 28.3. The zero-order chi connectivity index (χ0) is 35.4. The quantitative estimate of drug-likeness (QED) is 0.0422. The zero-order valence-corrected chi connectivity index (χ0v) is 30.6. The predicted octanol–water partition coefficient (Wildman–Crippen LogP) is -21.1. The summed E-state index contributed by atoms with van der Waals surface area (Å²) in [5.74, 6) is -5.93. The Hall–Kier alpha value is 0.413. The summed E-state index contributed by atoms with van der Waals surface area (Å²) in [5.41, 5.74) is 0. The van der Waals surface area contributed by atoms with E-state index in [1.54, 1.807) is 0 Å². The van der Waals surface area contributed by atoms with Gasteiger partial charge in [-0.05, 0) is 0 Å². The van der Waals surface area contributed by atoms with Crippen molar-refractivity contribution >= 4 is 41.0 Å². The Morgan fingerprint density at radius 2 is 0.609 bits per heavy atom. The molecule has 0 saturated heterocycles. The molecule has 0 aromatic rings. The average molecular weight is 734 g/mol. The maximum absolute atomic E-state index is 9.98. The van der Waals surface area contributed by atoms with Gasteiger partial charge >= 0.3 is 104 Å². The van der Waals surface area contributed by atoms with Gasteiger partial charge in [0.05, 0.1) is 42.8 Å². The number of carboxylic acid groups (broad SMARTS) is 3.